The monoisotopic (exact) mass is 392 g/mol. The Morgan fingerprint density at radius 1 is 1.21 bits per heavy atom. The molecule has 0 fully saturated rings. The highest BCUT2D eigenvalue weighted by atomic mass is 16.5. The van der Waals surface area contributed by atoms with Crippen molar-refractivity contribution < 1.29 is 14.3 Å². The first-order chi connectivity index (χ1) is 13.5. The van der Waals surface area contributed by atoms with E-state index in [1.54, 1.807) is 6.07 Å². The lowest BCUT2D eigenvalue weighted by Crippen LogP contribution is -2.39. The Morgan fingerprint density at radius 3 is 2.64 bits per heavy atom. The average molecular weight is 393 g/mol. The van der Waals surface area contributed by atoms with Crippen molar-refractivity contribution in [3.05, 3.63) is 24.3 Å². The van der Waals surface area contributed by atoms with Crippen LogP contribution in [0.1, 0.15) is 41.0 Å². The third-order valence-electron chi connectivity index (χ3n) is 3.97. The van der Waals surface area contributed by atoms with Gasteiger partial charge in [0, 0.05) is 38.4 Å². The van der Waals surface area contributed by atoms with E-state index in [0.717, 1.165) is 31.2 Å². The smallest absolute Gasteiger partial charge is 0.221 e. The number of hydrogen-bond donors (Lipinski definition) is 3. The van der Waals surface area contributed by atoms with Crippen molar-refractivity contribution in [1.29, 1.82) is 0 Å². The van der Waals surface area contributed by atoms with E-state index in [1.165, 1.54) is 6.92 Å². The summed E-state index contributed by atoms with van der Waals surface area (Å²) in [4.78, 5) is 15.8. The lowest BCUT2D eigenvalue weighted by atomic mass is 10.0. The summed E-state index contributed by atoms with van der Waals surface area (Å²) in [5, 5.41) is 9.26. The van der Waals surface area contributed by atoms with Crippen LogP contribution in [-0.4, -0.2) is 50.8 Å². The minimum Gasteiger partial charge on any atom is -0.492 e. The highest BCUT2D eigenvalue weighted by molar-refractivity contribution is 5.88. The number of nitrogens with zero attached hydrogens (tertiary/aromatic N) is 1. The second-order valence-corrected chi connectivity index (χ2v) is 6.77. The molecule has 0 saturated heterocycles. The molecule has 0 radical (unpaired) electrons. The van der Waals surface area contributed by atoms with Gasteiger partial charge in [-0.15, -0.1) is 0 Å². The number of anilines is 1. The summed E-state index contributed by atoms with van der Waals surface area (Å²) in [6, 6.07) is 7.35. The van der Waals surface area contributed by atoms with Crippen LogP contribution in [0.4, 0.5) is 5.69 Å². The normalized spacial score (nSPS) is 12.6. The van der Waals surface area contributed by atoms with Crippen LogP contribution >= 0.6 is 0 Å². The second-order valence-electron chi connectivity index (χ2n) is 6.77. The van der Waals surface area contributed by atoms with Gasteiger partial charge in [0.1, 0.15) is 12.4 Å². The van der Waals surface area contributed by atoms with Gasteiger partial charge >= 0.3 is 0 Å². The molecule has 1 unspecified atom stereocenters. The van der Waals surface area contributed by atoms with Gasteiger partial charge in [0.25, 0.3) is 0 Å². The predicted octanol–water partition coefficient (Wildman–Crippen LogP) is 3.03. The summed E-state index contributed by atoms with van der Waals surface area (Å²) >= 11 is 0. The van der Waals surface area contributed by atoms with Crippen LogP contribution in [0.25, 0.3) is 0 Å². The molecule has 0 aromatic heterocycles. The van der Waals surface area contributed by atoms with Gasteiger partial charge in [0.2, 0.25) is 5.91 Å². The molecule has 7 heteroatoms. The van der Waals surface area contributed by atoms with Crippen LogP contribution < -0.4 is 20.7 Å². The van der Waals surface area contributed by atoms with Gasteiger partial charge in [-0.2, -0.15) is 0 Å². The Hall–Kier alpha value is -2.28. The summed E-state index contributed by atoms with van der Waals surface area (Å²) in [5.74, 6) is 1.87. The number of benzene rings is 1. The van der Waals surface area contributed by atoms with Crippen molar-refractivity contribution in [3.8, 4) is 5.75 Å². The predicted molar refractivity (Wildman–Crippen MR) is 115 cm³/mol. The van der Waals surface area contributed by atoms with E-state index in [1.807, 2.05) is 32.0 Å². The molecule has 0 aliphatic heterocycles. The van der Waals surface area contributed by atoms with Crippen LogP contribution in [0, 0.1) is 5.92 Å². The fraction of sp³-hybridized carbons (Fsp3) is 0.619. The van der Waals surface area contributed by atoms with Crippen molar-refractivity contribution >= 4 is 17.6 Å². The lowest BCUT2D eigenvalue weighted by Gasteiger charge is -2.20. The molecule has 3 N–H and O–H groups in total. The Labute approximate surface area is 169 Å². The number of carbonyl (C=O) groups excluding carboxylic acids is 1. The van der Waals surface area contributed by atoms with Gasteiger partial charge in [0.05, 0.1) is 12.6 Å². The van der Waals surface area contributed by atoms with E-state index >= 15 is 0 Å². The molecule has 0 saturated carbocycles. The standard InChI is InChI=1S/C21H36N4O3/c1-6-22-21(23-12-11-20(16(3)4)27-7-2)24-13-14-28-19-10-8-9-18(15-19)25-17(5)26/h8-10,15-16,20H,6-7,11-14H2,1-5H3,(H,25,26)(H2,22,23,24). The van der Waals surface area contributed by atoms with Gasteiger partial charge in [-0.05, 0) is 38.3 Å². The van der Waals surface area contributed by atoms with Crippen molar-refractivity contribution in [3.63, 3.8) is 0 Å². The molecule has 0 aliphatic rings. The third-order valence-corrected chi connectivity index (χ3v) is 3.97. The van der Waals surface area contributed by atoms with Crippen LogP contribution in [0.2, 0.25) is 0 Å². The fourth-order valence-corrected chi connectivity index (χ4v) is 2.67. The molecule has 1 aromatic rings. The lowest BCUT2D eigenvalue weighted by molar-refractivity contribution is -0.114. The Kier molecular flexibility index (Phi) is 11.7. The van der Waals surface area contributed by atoms with Gasteiger partial charge in [-0.25, -0.2) is 0 Å². The van der Waals surface area contributed by atoms with Gasteiger partial charge in [-0.3, -0.25) is 9.79 Å². The molecular weight excluding hydrogens is 356 g/mol. The highest BCUT2D eigenvalue weighted by Gasteiger charge is 2.12. The fourth-order valence-electron chi connectivity index (χ4n) is 2.67. The number of hydrogen-bond acceptors (Lipinski definition) is 4. The van der Waals surface area contributed by atoms with Crippen molar-refractivity contribution in [2.75, 3.05) is 38.2 Å². The summed E-state index contributed by atoms with van der Waals surface area (Å²) < 4.78 is 11.5. The number of aliphatic imine (C=N–C) groups is 1. The van der Waals surface area contributed by atoms with Crippen LogP contribution in [0.5, 0.6) is 5.75 Å². The quantitative estimate of drug-likeness (QED) is 0.289. The van der Waals surface area contributed by atoms with Crippen molar-refractivity contribution in [1.82, 2.24) is 10.6 Å². The van der Waals surface area contributed by atoms with Crippen molar-refractivity contribution in [2.24, 2.45) is 10.9 Å². The molecule has 1 amide bonds. The number of carbonyl (C=O) groups is 1. The van der Waals surface area contributed by atoms with Crippen LogP contribution in [0.3, 0.4) is 0 Å². The van der Waals surface area contributed by atoms with E-state index in [4.69, 9.17) is 9.47 Å². The summed E-state index contributed by atoms with van der Waals surface area (Å²) in [5.41, 5.74) is 0.724. The summed E-state index contributed by atoms with van der Waals surface area (Å²) in [6.45, 7) is 13.2. The zero-order chi connectivity index (χ0) is 20.8. The highest BCUT2D eigenvalue weighted by Crippen LogP contribution is 2.17. The first-order valence-electron chi connectivity index (χ1n) is 10.1. The van der Waals surface area contributed by atoms with E-state index in [2.05, 4.69) is 34.8 Å². The molecule has 0 heterocycles. The first-order valence-corrected chi connectivity index (χ1v) is 10.1. The second kappa shape index (κ2) is 13.8. The average Bonchev–Trinajstić information content (AvgIpc) is 2.64. The maximum absolute atomic E-state index is 11.1. The maximum Gasteiger partial charge on any atom is 0.221 e. The molecule has 1 rings (SSSR count). The zero-order valence-electron chi connectivity index (χ0n) is 17.9. The molecule has 158 valence electrons. The largest absolute Gasteiger partial charge is 0.492 e. The minimum atomic E-state index is -0.102. The Balaban J connectivity index is 2.43. The molecule has 0 spiro atoms. The number of guanidine groups is 1. The van der Waals surface area contributed by atoms with Crippen molar-refractivity contribution in [2.45, 2.75) is 47.1 Å². The molecule has 0 aliphatic carbocycles. The number of nitrogens with one attached hydrogen (secondary N) is 3. The van der Waals surface area contributed by atoms with E-state index in [-0.39, 0.29) is 12.0 Å². The van der Waals surface area contributed by atoms with Gasteiger partial charge in [-0.1, -0.05) is 19.9 Å². The zero-order valence-corrected chi connectivity index (χ0v) is 17.9. The summed E-state index contributed by atoms with van der Waals surface area (Å²) in [6.07, 6.45) is 1.13. The molecule has 1 atom stereocenters. The number of amides is 1. The number of ether oxygens (including phenoxy) is 2. The molecule has 0 bridgehead atoms. The SMILES string of the molecule is CCNC(=NCCC(OCC)C(C)C)NCCOc1cccc(NC(C)=O)c1. The van der Waals surface area contributed by atoms with Gasteiger partial charge in [0.15, 0.2) is 5.96 Å². The maximum atomic E-state index is 11.1. The summed E-state index contributed by atoms with van der Waals surface area (Å²) in [7, 11) is 0. The van der Waals surface area contributed by atoms with Crippen LogP contribution in [0.15, 0.2) is 29.3 Å². The van der Waals surface area contributed by atoms with E-state index < -0.39 is 0 Å². The minimum absolute atomic E-state index is 0.102. The first kappa shape index (κ1) is 23.8. The Morgan fingerprint density at radius 2 is 2.00 bits per heavy atom. The van der Waals surface area contributed by atoms with Gasteiger partial charge < -0.3 is 25.4 Å². The number of rotatable bonds is 12. The van der Waals surface area contributed by atoms with Crippen LogP contribution in [-0.2, 0) is 9.53 Å². The Bertz CT molecular complexity index is 605. The van der Waals surface area contributed by atoms with E-state index in [9.17, 15) is 4.79 Å². The van der Waals surface area contributed by atoms with E-state index in [0.29, 0.717) is 31.4 Å². The topological polar surface area (TPSA) is 84.0 Å². The molecule has 28 heavy (non-hydrogen) atoms. The molecular formula is C21H36N4O3. The molecule has 7 nitrogen and oxygen atoms in total. The third kappa shape index (κ3) is 10.2. The molecule has 1 aromatic carbocycles.